The van der Waals surface area contributed by atoms with Crippen molar-refractivity contribution in [3.63, 3.8) is 0 Å². The van der Waals surface area contributed by atoms with Gasteiger partial charge in [-0.05, 0) is 123 Å². The number of nitrogens with one attached hydrogen (secondary N) is 1. The maximum Gasteiger partial charge on any atom is 0.265 e. The van der Waals surface area contributed by atoms with Crippen LogP contribution in [-0.2, 0) is 19.1 Å². The van der Waals surface area contributed by atoms with Gasteiger partial charge in [0.2, 0.25) is 10.0 Å². The van der Waals surface area contributed by atoms with E-state index in [1.807, 2.05) is 0 Å². The molecule has 0 unspecified atom stereocenters. The molecule has 0 aliphatic heterocycles. The van der Waals surface area contributed by atoms with Crippen molar-refractivity contribution < 1.29 is 36.5 Å². The summed E-state index contributed by atoms with van der Waals surface area (Å²) in [5.41, 5.74) is 6.79. The van der Waals surface area contributed by atoms with E-state index in [1.54, 1.807) is 24.3 Å². The number of phenolic OH excluding ortho intramolecular Hbond substituents is 2. The van der Waals surface area contributed by atoms with Crippen LogP contribution in [0.2, 0.25) is 20.1 Å². The predicted molar refractivity (Wildman–Crippen MR) is 247 cm³/mol. The van der Waals surface area contributed by atoms with Crippen LogP contribution in [-0.4, -0.2) is 39.1 Å². The third kappa shape index (κ3) is 11.7. The smallest absolute Gasteiger partial charge is 0.265 e. The molecule has 4 saturated carbocycles. The van der Waals surface area contributed by atoms with Crippen molar-refractivity contribution in [1.29, 1.82) is 0 Å². The van der Waals surface area contributed by atoms with Crippen molar-refractivity contribution in [1.82, 2.24) is 4.72 Å². The normalized spacial score (nSPS) is 25.1. The molecule has 60 heavy (non-hydrogen) atoms. The topological polar surface area (TPSA) is 165 Å². The van der Waals surface area contributed by atoms with E-state index in [1.165, 1.54) is 49.9 Å². The summed E-state index contributed by atoms with van der Waals surface area (Å²) in [5.74, 6) is 1.57. The molecule has 4 fully saturated rings. The Morgan fingerprint density at radius 1 is 0.650 bits per heavy atom. The quantitative estimate of drug-likeness (QED) is 0.126. The molecule has 10 nitrogen and oxygen atoms in total. The van der Waals surface area contributed by atoms with Crippen molar-refractivity contribution in [2.24, 2.45) is 28.4 Å². The van der Waals surface area contributed by atoms with Crippen LogP contribution in [0.15, 0.2) is 79.4 Å². The Hall–Kier alpha value is -1.69. The largest absolute Gasteiger partial charge is 0.507 e. The molecule has 0 saturated heterocycles. The first-order chi connectivity index (χ1) is 27.4. The van der Waals surface area contributed by atoms with Gasteiger partial charge in [0.15, 0.2) is 11.5 Å². The lowest BCUT2D eigenvalue weighted by atomic mass is 9.50. The van der Waals surface area contributed by atoms with E-state index in [0.717, 1.165) is 55.1 Å². The highest BCUT2D eigenvalue weighted by molar-refractivity contribution is 9.10. The minimum Gasteiger partial charge on any atom is -0.507 e. The van der Waals surface area contributed by atoms with Crippen LogP contribution in [0.1, 0.15) is 72.6 Å². The van der Waals surface area contributed by atoms with Gasteiger partial charge in [0, 0.05) is 43.8 Å². The van der Waals surface area contributed by atoms with Crippen LogP contribution >= 0.6 is 88.9 Å². The molecule has 4 aromatic rings. The average Bonchev–Trinajstić information content (AvgIpc) is 3.06. The summed E-state index contributed by atoms with van der Waals surface area (Å²) < 4.78 is 63.6. The molecule has 4 aliphatic rings. The van der Waals surface area contributed by atoms with Crippen LogP contribution in [0.3, 0.4) is 0 Å². The molecule has 0 radical (unpaired) electrons. The van der Waals surface area contributed by atoms with Crippen molar-refractivity contribution in [2.75, 3.05) is 0 Å². The molecule has 2 spiro atoms. The molecule has 5 N–H and O–H groups in total. The van der Waals surface area contributed by atoms with Crippen LogP contribution in [0.25, 0.3) is 0 Å². The average molecular weight is 1100 g/mol. The maximum absolute atomic E-state index is 12.8. The third-order valence-corrected chi connectivity index (χ3v) is 15.9. The molecule has 0 bridgehead atoms. The van der Waals surface area contributed by atoms with Crippen LogP contribution < -0.4 is 19.9 Å². The minimum absolute atomic E-state index is 0. The number of nitrogens with two attached hydrogens (primary N) is 1. The Morgan fingerprint density at radius 2 is 1.02 bits per heavy atom. The van der Waals surface area contributed by atoms with Gasteiger partial charge in [-0.25, -0.2) is 21.6 Å². The highest BCUT2D eigenvalue weighted by Gasteiger charge is 2.52. The van der Waals surface area contributed by atoms with Gasteiger partial charge in [-0.3, -0.25) is 0 Å². The number of aromatic hydroxyl groups is 2. The molecule has 8 rings (SSSR count). The molecular weight excluding hydrogens is 1050 g/mol. The highest BCUT2D eigenvalue weighted by Crippen LogP contribution is 2.59. The molecular formula is C41H45Br2Cl5N2O8S2. The summed E-state index contributed by atoms with van der Waals surface area (Å²) in [7, 11) is -2.78. The van der Waals surface area contributed by atoms with Gasteiger partial charge in [-0.2, -0.15) is 0 Å². The maximum atomic E-state index is 12.8. The Morgan fingerprint density at radius 3 is 1.38 bits per heavy atom. The van der Waals surface area contributed by atoms with Crippen LogP contribution in [0.5, 0.6) is 34.5 Å². The second-order valence-corrected chi connectivity index (χ2v) is 23.9. The summed E-state index contributed by atoms with van der Waals surface area (Å²) in [4.78, 5) is -0.701. The summed E-state index contributed by atoms with van der Waals surface area (Å²) >= 11 is 30.9. The van der Waals surface area contributed by atoms with Crippen molar-refractivity contribution >= 4 is 108 Å². The minimum atomic E-state index is -4.11. The number of benzene rings is 4. The number of ether oxygens (including phenoxy) is 2. The van der Waals surface area contributed by atoms with Gasteiger partial charge < -0.3 is 25.4 Å². The lowest BCUT2D eigenvalue weighted by Crippen LogP contribution is -2.55. The second-order valence-electron chi connectivity index (χ2n) is 16.2. The van der Waals surface area contributed by atoms with E-state index in [0.29, 0.717) is 20.4 Å². The second kappa shape index (κ2) is 19.2. The zero-order chi connectivity index (χ0) is 43.2. The highest BCUT2D eigenvalue weighted by atomic mass is 79.9. The van der Waals surface area contributed by atoms with Crippen molar-refractivity contribution in [3.8, 4) is 34.5 Å². The summed E-state index contributed by atoms with van der Waals surface area (Å²) in [6.07, 6.45) is 9.56. The number of halogens is 7. The van der Waals surface area contributed by atoms with Gasteiger partial charge in [0.1, 0.15) is 32.8 Å². The SMILES string of the molecule is C.CC1CC2(C1)CC(N)C2.CC1CC2(C1)CC(NS(=O)(=O)c1cc(Oc3c(Cl)cc(Br)cc3Cl)ccc1O)C2.O=S(=O)(Cl)c1cc(Oc2c(Cl)cc(Br)cc2Cl)ccc1O. The van der Waals surface area contributed by atoms with Gasteiger partial charge in [-0.15, -0.1) is 0 Å². The lowest BCUT2D eigenvalue weighted by molar-refractivity contribution is -0.0359. The number of phenols is 2. The predicted octanol–water partition coefficient (Wildman–Crippen LogP) is 13.5. The third-order valence-electron chi connectivity index (χ3n) is 11.0. The fourth-order valence-corrected chi connectivity index (χ4v) is 13.8. The van der Waals surface area contributed by atoms with E-state index in [4.69, 9.17) is 72.3 Å². The van der Waals surface area contributed by atoms with Gasteiger partial charge >= 0.3 is 0 Å². The Kier molecular flexibility index (Phi) is 15.8. The molecule has 0 heterocycles. The van der Waals surface area contributed by atoms with Crippen LogP contribution in [0, 0.1) is 22.7 Å². The first kappa shape index (κ1) is 49.3. The van der Waals surface area contributed by atoms with Crippen molar-refractivity contribution in [3.05, 3.63) is 89.7 Å². The monoisotopic (exact) mass is 1090 g/mol. The first-order valence-corrected chi connectivity index (χ1v) is 25.4. The summed E-state index contributed by atoms with van der Waals surface area (Å²) in [5, 5.41) is 20.7. The van der Waals surface area contributed by atoms with Gasteiger partial charge in [-0.1, -0.05) is 99.5 Å². The Balaban J connectivity index is 0.000000191. The molecule has 4 aliphatic carbocycles. The van der Waals surface area contributed by atoms with Crippen molar-refractivity contribution in [2.45, 2.75) is 94.5 Å². The summed E-state index contributed by atoms with van der Waals surface area (Å²) in [6, 6.07) is 14.4. The number of hydrogen-bond donors (Lipinski definition) is 4. The number of rotatable bonds is 8. The van der Waals surface area contributed by atoms with E-state index < -0.39 is 29.7 Å². The molecule has 19 heteroatoms. The van der Waals surface area contributed by atoms with Crippen LogP contribution in [0.4, 0.5) is 0 Å². The van der Waals surface area contributed by atoms with Gasteiger partial charge in [0.05, 0.1) is 20.1 Å². The summed E-state index contributed by atoms with van der Waals surface area (Å²) in [6.45, 7) is 4.56. The van der Waals surface area contributed by atoms with Gasteiger partial charge in [0.25, 0.3) is 9.05 Å². The first-order valence-electron chi connectivity index (χ1n) is 18.5. The fourth-order valence-electron chi connectivity index (χ4n) is 8.92. The fraction of sp³-hybridized carbons (Fsp3) is 0.415. The lowest BCUT2D eigenvalue weighted by Gasteiger charge is -2.57. The molecule has 0 atom stereocenters. The Bertz CT molecular complexity index is 2390. The number of sulfonamides is 1. The zero-order valence-electron chi connectivity index (χ0n) is 31.6. The zero-order valence-corrected chi connectivity index (χ0v) is 40.2. The Labute approximate surface area is 393 Å². The molecule has 4 aromatic carbocycles. The molecule has 0 amide bonds. The molecule has 0 aromatic heterocycles. The molecule has 328 valence electrons. The van der Waals surface area contributed by atoms with E-state index in [9.17, 15) is 27.0 Å². The van der Waals surface area contributed by atoms with E-state index in [2.05, 4.69) is 50.4 Å². The van der Waals surface area contributed by atoms with E-state index >= 15 is 0 Å². The van der Waals surface area contributed by atoms with E-state index in [-0.39, 0.29) is 67.2 Å². The number of hydrogen-bond acceptors (Lipinski definition) is 9. The standard InChI is InChI=1S/C20H20BrCl2NO4S.C12H6BrCl3O4S.C8H15N.CH4/c1-11-7-20(8-11)9-13(10-20)24-29(26,27)18-6-14(2-3-17(18)25)28-19-15(22)4-12(21)5-16(19)23;13-6-3-8(14)12(9(15)4-6)20-7-1-2-10(17)11(5-7)21(16,18)19;1-6-2-8(3-6)4-7(9)5-8;/h2-6,11,13,24-25H,7-10H2,1H3;1-5,17H;6-7H,2-5,9H2,1H3;1H4.